The van der Waals surface area contributed by atoms with E-state index in [0.29, 0.717) is 11.8 Å². The van der Waals surface area contributed by atoms with Gasteiger partial charge in [-0.05, 0) is 47.8 Å². The summed E-state index contributed by atoms with van der Waals surface area (Å²) < 4.78 is 6.18. The van der Waals surface area contributed by atoms with E-state index in [1.54, 1.807) is 0 Å². The van der Waals surface area contributed by atoms with Crippen molar-refractivity contribution in [2.45, 2.75) is 44.4 Å². The molecular weight excluding hydrogens is 355 g/mol. The molecule has 1 N–H and O–H groups in total. The second-order valence-corrected chi connectivity index (χ2v) is 6.71. The Morgan fingerprint density at radius 1 is 1.32 bits per heavy atom. The van der Waals surface area contributed by atoms with Crippen molar-refractivity contribution >= 4 is 22.6 Å². The normalized spacial score (nSPS) is 24.2. The number of nitrogens with zero attached hydrogens (tertiary/aromatic N) is 1. The molecule has 1 unspecified atom stereocenters. The Morgan fingerprint density at radius 3 is 2.79 bits per heavy atom. The number of H-pyrrole nitrogens is 1. The van der Waals surface area contributed by atoms with Gasteiger partial charge in [-0.25, -0.2) is 4.98 Å². The molecule has 0 aromatic carbocycles. The molecule has 4 nitrogen and oxygen atoms in total. The van der Waals surface area contributed by atoms with Crippen LogP contribution < -0.4 is 5.56 Å². The molecule has 3 rings (SSSR count). The zero-order valence-electron chi connectivity index (χ0n) is 11.0. The Bertz CT molecular complexity index is 503. The van der Waals surface area contributed by atoms with Crippen LogP contribution in [0.3, 0.4) is 0 Å². The number of aromatic amines is 1. The minimum Gasteiger partial charge on any atom is -0.381 e. The lowest BCUT2D eigenvalue weighted by Gasteiger charge is -2.13. The van der Waals surface area contributed by atoms with Gasteiger partial charge in [0.25, 0.3) is 5.56 Å². The summed E-state index contributed by atoms with van der Waals surface area (Å²) in [5.74, 6) is 1.86. The molecular formula is C14H19IN2O2. The molecule has 1 aromatic heterocycles. The van der Waals surface area contributed by atoms with E-state index in [1.807, 2.05) is 0 Å². The van der Waals surface area contributed by atoms with E-state index in [0.717, 1.165) is 41.1 Å². The molecule has 1 saturated heterocycles. The quantitative estimate of drug-likeness (QED) is 0.828. The van der Waals surface area contributed by atoms with Crippen molar-refractivity contribution < 1.29 is 4.74 Å². The Morgan fingerprint density at radius 2 is 2.11 bits per heavy atom. The molecule has 1 atom stereocenters. The molecule has 0 bridgehead atoms. The first kappa shape index (κ1) is 13.5. The monoisotopic (exact) mass is 374 g/mol. The second-order valence-electron chi connectivity index (χ2n) is 5.63. The Labute approximate surface area is 126 Å². The third kappa shape index (κ3) is 3.02. The Balaban J connectivity index is 1.86. The fourth-order valence-corrected chi connectivity index (χ4v) is 3.80. The van der Waals surface area contributed by atoms with Crippen molar-refractivity contribution in [2.24, 2.45) is 5.92 Å². The van der Waals surface area contributed by atoms with Crippen LogP contribution in [0.15, 0.2) is 4.79 Å². The Kier molecular flexibility index (Phi) is 4.21. The summed E-state index contributed by atoms with van der Waals surface area (Å²) in [6.07, 6.45) is 6.80. The number of halogens is 1. The molecule has 0 radical (unpaired) electrons. The third-order valence-electron chi connectivity index (χ3n) is 4.19. The summed E-state index contributed by atoms with van der Waals surface area (Å²) in [6, 6.07) is 0. The number of nitrogens with one attached hydrogen (secondary N) is 1. The zero-order chi connectivity index (χ0) is 13.2. The molecule has 1 aliphatic carbocycles. The third-order valence-corrected chi connectivity index (χ3v) is 5.23. The van der Waals surface area contributed by atoms with Crippen LogP contribution in [0.25, 0.3) is 0 Å². The van der Waals surface area contributed by atoms with Crippen molar-refractivity contribution in [3.05, 3.63) is 25.4 Å². The van der Waals surface area contributed by atoms with Gasteiger partial charge in [-0.1, -0.05) is 12.8 Å². The molecule has 2 fully saturated rings. The molecule has 2 heterocycles. The van der Waals surface area contributed by atoms with E-state index in [2.05, 4.69) is 27.6 Å². The van der Waals surface area contributed by atoms with Crippen LogP contribution in [0.2, 0.25) is 0 Å². The van der Waals surface area contributed by atoms with Gasteiger partial charge in [0.2, 0.25) is 0 Å². The number of hydrogen-bond acceptors (Lipinski definition) is 3. The van der Waals surface area contributed by atoms with Crippen molar-refractivity contribution in [3.8, 4) is 0 Å². The van der Waals surface area contributed by atoms with Crippen LogP contribution in [-0.4, -0.2) is 23.2 Å². The minimum absolute atomic E-state index is 0.0337. The predicted molar refractivity (Wildman–Crippen MR) is 81.4 cm³/mol. The van der Waals surface area contributed by atoms with Gasteiger partial charge in [0, 0.05) is 25.6 Å². The predicted octanol–water partition coefficient (Wildman–Crippen LogP) is 2.61. The van der Waals surface area contributed by atoms with Crippen LogP contribution in [0.4, 0.5) is 0 Å². The fraction of sp³-hybridized carbons (Fsp3) is 0.714. The van der Waals surface area contributed by atoms with Crippen LogP contribution in [0.5, 0.6) is 0 Å². The number of ether oxygens (including phenoxy) is 1. The Hall–Kier alpha value is -0.430. The van der Waals surface area contributed by atoms with E-state index in [4.69, 9.17) is 9.72 Å². The maximum absolute atomic E-state index is 12.1. The summed E-state index contributed by atoms with van der Waals surface area (Å²) in [4.78, 5) is 19.8. The topological polar surface area (TPSA) is 55.0 Å². The largest absolute Gasteiger partial charge is 0.381 e. The van der Waals surface area contributed by atoms with Gasteiger partial charge in [-0.2, -0.15) is 0 Å². The van der Waals surface area contributed by atoms with Gasteiger partial charge in [0.15, 0.2) is 0 Å². The molecule has 2 aliphatic rings. The van der Waals surface area contributed by atoms with Crippen LogP contribution in [0.1, 0.15) is 49.5 Å². The SMILES string of the molecule is O=c1[nH]c(CC2CCOC2)nc(C2CCCC2)c1I. The molecule has 1 saturated carbocycles. The molecule has 104 valence electrons. The molecule has 0 spiro atoms. The summed E-state index contributed by atoms with van der Waals surface area (Å²) in [7, 11) is 0. The number of hydrogen-bond donors (Lipinski definition) is 1. The smallest absolute Gasteiger partial charge is 0.264 e. The van der Waals surface area contributed by atoms with E-state index in [-0.39, 0.29) is 5.56 Å². The van der Waals surface area contributed by atoms with Crippen molar-refractivity contribution in [1.82, 2.24) is 9.97 Å². The van der Waals surface area contributed by atoms with Gasteiger partial charge in [-0.3, -0.25) is 4.79 Å². The van der Waals surface area contributed by atoms with Gasteiger partial charge < -0.3 is 9.72 Å². The lowest BCUT2D eigenvalue weighted by Crippen LogP contribution is -2.21. The lowest BCUT2D eigenvalue weighted by atomic mass is 10.0. The van der Waals surface area contributed by atoms with Crippen LogP contribution in [0, 0.1) is 9.49 Å². The van der Waals surface area contributed by atoms with Crippen molar-refractivity contribution in [1.29, 1.82) is 0 Å². The van der Waals surface area contributed by atoms with E-state index in [1.165, 1.54) is 25.7 Å². The highest BCUT2D eigenvalue weighted by molar-refractivity contribution is 14.1. The van der Waals surface area contributed by atoms with Crippen molar-refractivity contribution in [2.75, 3.05) is 13.2 Å². The molecule has 1 aromatic rings. The second kappa shape index (κ2) is 5.91. The first-order chi connectivity index (χ1) is 9.24. The zero-order valence-corrected chi connectivity index (χ0v) is 13.1. The van der Waals surface area contributed by atoms with Crippen molar-refractivity contribution in [3.63, 3.8) is 0 Å². The molecule has 5 heteroatoms. The first-order valence-corrected chi connectivity index (χ1v) is 8.18. The number of rotatable bonds is 3. The number of aromatic nitrogens is 2. The van der Waals surface area contributed by atoms with E-state index >= 15 is 0 Å². The van der Waals surface area contributed by atoms with E-state index < -0.39 is 0 Å². The lowest BCUT2D eigenvalue weighted by molar-refractivity contribution is 0.185. The van der Waals surface area contributed by atoms with Gasteiger partial charge in [0.1, 0.15) is 5.82 Å². The van der Waals surface area contributed by atoms with Gasteiger partial charge >= 0.3 is 0 Å². The first-order valence-electron chi connectivity index (χ1n) is 7.10. The minimum atomic E-state index is 0.0337. The summed E-state index contributed by atoms with van der Waals surface area (Å²) >= 11 is 2.14. The van der Waals surface area contributed by atoms with Gasteiger partial charge in [-0.15, -0.1) is 0 Å². The molecule has 0 amide bonds. The summed E-state index contributed by atoms with van der Waals surface area (Å²) in [5.41, 5.74) is 1.07. The van der Waals surface area contributed by atoms with E-state index in [9.17, 15) is 4.79 Å². The maximum Gasteiger partial charge on any atom is 0.264 e. The highest BCUT2D eigenvalue weighted by Gasteiger charge is 2.24. The molecule has 1 aliphatic heterocycles. The highest BCUT2D eigenvalue weighted by Crippen LogP contribution is 2.34. The average Bonchev–Trinajstić information content (AvgIpc) is 3.06. The average molecular weight is 374 g/mol. The standard InChI is InChI=1S/C14H19IN2O2/c15-12-13(10-3-1-2-4-10)16-11(17-14(12)18)7-9-5-6-19-8-9/h9-10H,1-8H2,(H,16,17,18). The summed E-state index contributed by atoms with van der Waals surface area (Å²) in [6.45, 7) is 1.64. The van der Waals surface area contributed by atoms with Crippen LogP contribution >= 0.6 is 22.6 Å². The van der Waals surface area contributed by atoms with Crippen LogP contribution in [-0.2, 0) is 11.2 Å². The highest BCUT2D eigenvalue weighted by atomic mass is 127. The molecule has 19 heavy (non-hydrogen) atoms. The fourth-order valence-electron chi connectivity index (χ4n) is 3.11. The maximum atomic E-state index is 12.1. The summed E-state index contributed by atoms with van der Waals surface area (Å²) in [5, 5.41) is 0. The van der Waals surface area contributed by atoms with Gasteiger partial charge in [0.05, 0.1) is 9.26 Å².